The van der Waals surface area contributed by atoms with Crippen LogP contribution in [0.5, 0.6) is 0 Å². The number of hydrogen-bond donors (Lipinski definition) is 2. The zero-order chi connectivity index (χ0) is 13.0. The van der Waals surface area contributed by atoms with Gasteiger partial charge < -0.3 is 15.2 Å². The van der Waals surface area contributed by atoms with Gasteiger partial charge in [-0.25, -0.2) is 14.8 Å². The summed E-state index contributed by atoms with van der Waals surface area (Å²) in [7, 11) is 0. The van der Waals surface area contributed by atoms with Gasteiger partial charge >= 0.3 is 5.97 Å². The maximum Gasteiger partial charge on any atom is 0.339 e. The zero-order valence-corrected chi connectivity index (χ0v) is 10.3. The monoisotopic (exact) mass is 251 g/mol. The maximum absolute atomic E-state index is 10.8. The number of rotatable bonds is 4. The average molecular weight is 251 g/mol. The van der Waals surface area contributed by atoms with Crippen LogP contribution in [0.2, 0.25) is 0 Å². The Morgan fingerprint density at radius 1 is 1.56 bits per heavy atom. The molecule has 1 saturated heterocycles. The zero-order valence-electron chi connectivity index (χ0n) is 10.3. The van der Waals surface area contributed by atoms with Crippen LogP contribution in [0.25, 0.3) is 0 Å². The van der Waals surface area contributed by atoms with Gasteiger partial charge in [-0.3, -0.25) is 0 Å². The molecule has 0 radical (unpaired) electrons. The second-order valence-corrected chi connectivity index (χ2v) is 4.43. The first-order valence-corrected chi connectivity index (χ1v) is 6.05. The van der Waals surface area contributed by atoms with Crippen molar-refractivity contribution >= 4 is 11.9 Å². The fourth-order valence-electron chi connectivity index (χ4n) is 1.95. The van der Waals surface area contributed by atoms with Gasteiger partial charge in [0, 0.05) is 26.0 Å². The van der Waals surface area contributed by atoms with Crippen molar-refractivity contribution in [2.45, 2.75) is 19.8 Å². The second-order valence-electron chi connectivity index (χ2n) is 4.43. The normalized spacial score (nSPS) is 16.5. The Hall–Kier alpha value is -1.69. The van der Waals surface area contributed by atoms with Crippen molar-refractivity contribution in [3.05, 3.63) is 17.5 Å². The van der Waals surface area contributed by atoms with E-state index in [1.54, 1.807) is 6.92 Å². The molecule has 1 fully saturated rings. The van der Waals surface area contributed by atoms with Gasteiger partial charge in [0.05, 0.1) is 11.3 Å². The number of ether oxygens (including phenoxy) is 1. The van der Waals surface area contributed by atoms with E-state index < -0.39 is 5.97 Å². The molecule has 1 aromatic rings. The number of nitrogens with one attached hydrogen (secondary N) is 1. The lowest BCUT2D eigenvalue weighted by molar-refractivity contribution is 0.0691. The van der Waals surface area contributed by atoms with Crippen molar-refractivity contribution in [1.82, 2.24) is 9.97 Å². The molecule has 18 heavy (non-hydrogen) atoms. The van der Waals surface area contributed by atoms with E-state index in [1.165, 1.54) is 6.20 Å². The van der Waals surface area contributed by atoms with Crippen LogP contribution in [-0.4, -0.2) is 40.8 Å². The van der Waals surface area contributed by atoms with E-state index in [4.69, 9.17) is 9.84 Å². The number of hydrogen-bond acceptors (Lipinski definition) is 5. The smallest absolute Gasteiger partial charge is 0.339 e. The van der Waals surface area contributed by atoms with Crippen molar-refractivity contribution in [2.24, 2.45) is 5.92 Å². The van der Waals surface area contributed by atoms with E-state index in [2.05, 4.69) is 15.3 Å². The summed E-state index contributed by atoms with van der Waals surface area (Å²) in [5.41, 5.74) is 0.624. The molecule has 0 atom stereocenters. The summed E-state index contributed by atoms with van der Waals surface area (Å²) in [6.07, 6.45) is 3.43. The number of carboxylic acid groups (broad SMARTS) is 1. The molecule has 1 aliphatic heterocycles. The Kier molecular flexibility index (Phi) is 4.09. The molecule has 98 valence electrons. The van der Waals surface area contributed by atoms with E-state index in [1.807, 2.05) is 0 Å². The maximum atomic E-state index is 10.8. The molecule has 2 N–H and O–H groups in total. The van der Waals surface area contributed by atoms with E-state index in [0.717, 1.165) is 32.6 Å². The summed E-state index contributed by atoms with van der Waals surface area (Å²) in [5.74, 6) is 0.0641. The van der Waals surface area contributed by atoms with Gasteiger partial charge in [-0.05, 0) is 25.7 Å². The lowest BCUT2D eigenvalue weighted by atomic mass is 10.0. The Labute approximate surface area is 105 Å². The first-order chi connectivity index (χ1) is 8.66. The predicted molar refractivity (Wildman–Crippen MR) is 65.8 cm³/mol. The number of aromatic nitrogens is 2. The van der Waals surface area contributed by atoms with Gasteiger partial charge in [-0.15, -0.1) is 0 Å². The standard InChI is InChI=1S/C12H17N3O3/c1-8-10(11(16)17)7-14-12(15-8)13-6-9-2-4-18-5-3-9/h7,9H,2-6H2,1H3,(H,16,17)(H,13,14,15). The molecular formula is C12H17N3O3. The summed E-state index contributed by atoms with van der Waals surface area (Å²) < 4.78 is 5.29. The molecule has 0 aromatic carbocycles. The van der Waals surface area contributed by atoms with Crippen LogP contribution in [0.3, 0.4) is 0 Å². The highest BCUT2D eigenvalue weighted by Crippen LogP contribution is 2.15. The predicted octanol–water partition coefficient (Wildman–Crippen LogP) is 1.32. The van der Waals surface area contributed by atoms with Crippen molar-refractivity contribution in [1.29, 1.82) is 0 Å². The fraction of sp³-hybridized carbons (Fsp3) is 0.583. The highest BCUT2D eigenvalue weighted by atomic mass is 16.5. The quantitative estimate of drug-likeness (QED) is 0.839. The molecule has 0 amide bonds. The van der Waals surface area contributed by atoms with Gasteiger partial charge in [0.2, 0.25) is 5.95 Å². The lowest BCUT2D eigenvalue weighted by Crippen LogP contribution is -2.23. The minimum absolute atomic E-state index is 0.145. The summed E-state index contributed by atoms with van der Waals surface area (Å²) >= 11 is 0. The van der Waals surface area contributed by atoms with E-state index >= 15 is 0 Å². The largest absolute Gasteiger partial charge is 0.478 e. The molecule has 0 aliphatic carbocycles. The van der Waals surface area contributed by atoms with Crippen molar-refractivity contribution in [2.75, 3.05) is 25.1 Å². The van der Waals surface area contributed by atoms with Crippen LogP contribution in [0, 0.1) is 12.8 Å². The third kappa shape index (κ3) is 3.16. The van der Waals surface area contributed by atoms with Gasteiger partial charge in [0.25, 0.3) is 0 Å². The van der Waals surface area contributed by atoms with Gasteiger partial charge in [0.1, 0.15) is 0 Å². The van der Waals surface area contributed by atoms with Crippen LogP contribution >= 0.6 is 0 Å². The van der Waals surface area contributed by atoms with Crippen molar-refractivity contribution in [3.8, 4) is 0 Å². The minimum Gasteiger partial charge on any atom is -0.478 e. The molecule has 0 bridgehead atoms. The van der Waals surface area contributed by atoms with Gasteiger partial charge in [-0.2, -0.15) is 0 Å². The minimum atomic E-state index is -0.997. The van der Waals surface area contributed by atoms with Gasteiger partial charge in [-0.1, -0.05) is 0 Å². The fourth-order valence-corrected chi connectivity index (χ4v) is 1.95. The van der Waals surface area contributed by atoms with Crippen LogP contribution < -0.4 is 5.32 Å². The van der Waals surface area contributed by atoms with Gasteiger partial charge in [0.15, 0.2) is 0 Å². The molecule has 1 aromatic heterocycles. The van der Waals surface area contributed by atoms with Crippen LogP contribution in [0.1, 0.15) is 28.9 Å². The summed E-state index contributed by atoms with van der Waals surface area (Å²) in [6, 6.07) is 0. The van der Waals surface area contributed by atoms with E-state index in [-0.39, 0.29) is 5.56 Å². The Bertz CT molecular complexity index is 431. The Balaban J connectivity index is 1.93. The molecule has 0 saturated carbocycles. The van der Waals surface area contributed by atoms with Crippen LogP contribution in [-0.2, 0) is 4.74 Å². The molecule has 0 spiro atoms. The molecule has 2 rings (SSSR count). The highest BCUT2D eigenvalue weighted by molar-refractivity contribution is 5.88. The molecule has 1 aliphatic rings. The number of carbonyl (C=O) groups is 1. The van der Waals surface area contributed by atoms with E-state index in [9.17, 15) is 4.79 Å². The number of carboxylic acids is 1. The summed E-state index contributed by atoms with van der Waals surface area (Å²) in [4.78, 5) is 19.0. The average Bonchev–Trinajstić information content (AvgIpc) is 2.37. The third-order valence-electron chi connectivity index (χ3n) is 3.10. The molecule has 2 heterocycles. The molecule has 6 nitrogen and oxygen atoms in total. The first-order valence-electron chi connectivity index (χ1n) is 6.05. The van der Waals surface area contributed by atoms with Crippen molar-refractivity contribution in [3.63, 3.8) is 0 Å². The van der Waals surface area contributed by atoms with E-state index in [0.29, 0.717) is 17.6 Å². The second kappa shape index (κ2) is 5.77. The lowest BCUT2D eigenvalue weighted by Gasteiger charge is -2.22. The first kappa shape index (κ1) is 12.8. The van der Waals surface area contributed by atoms with Crippen LogP contribution in [0.4, 0.5) is 5.95 Å². The number of aryl methyl sites for hydroxylation is 1. The number of anilines is 1. The third-order valence-corrected chi connectivity index (χ3v) is 3.10. The number of nitrogens with zero attached hydrogens (tertiary/aromatic N) is 2. The van der Waals surface area contributed by atoms with Crippen molar-refractivity contribution < 1.29 is 14.6 Å². The Morgan fingerprint density at radius 2 is 2.28 bits per heavy atom. The molecular weight excluding hydrogens is 234 g/mol. The van der Waals surface area contributed by atoms with Crippen LogP contribution in [0.15, 0.2) is 6.20 Å². The SMILES string of the molecule is Cc1nc(NCC2CCOCC2)ncc1C(=O)O. The summed E-state index contributed by atoms with van der Waals surface area (Å²) in [5, 5.41) is 12.0. The molecule has 6 heteroatoms. The Morgan fingerprint density at radius 3 is 2.89 bits per heavy atom. The number of aromatic carboxylic acids is 1. The molecule has 0 unspecified atom stereocenters. The summed E-state index contributed by atoms with van der Waals surface area (Å²) in [6.45, 7) is 4.09. The topological polar surface area (TPSA) is 84.3 Å². The highest BCUT2D eigenvalue weighted by Gasteiger charge is 2.14.